The number of rotatable bonds is 4. The molecule has 13 heavy (non-hydrogen) atoms. The van der Waals surface area contributed by atoms with Gasteiger partial charge in [0.1, 0.15) is 0 Å². The van der Waals surface area contributed by atoms with Gasteiger partial charge in [0, 0.05) is 0 Å². The Kier molecular flexibility index (Phi) is 6.31. The van der Waals surface area contributed by atoms with Gasteiger partial charge in [-0.25, -0.2) is 0 Å². The molecule has 0 saturated carbocycles. The molecular formula is C11H24FN. The third-order valence-corrected chi connectivity index (χ3v) is 3.16. The number of hydrogen-bond acceptors (Lipinski definition) is 0. The van der Waals surface area contributed by atoms with E-state index in [-0.39, 0.29) is 4.70 Å². The maximum Gasteiger partial charge on any atom is 0.0786 e. The molecule has 80 valence electrons. The highest BCUT2D eigenvalue weighted by molar-refractivity contribution is 4.53. The Balaban J connectivity index is 0.00000144. The minimum atomic E-state index is 0. The van der Waals surface area contributed by atoms with Crippen LogP contribution < -0.4 is 4.70 Å². The molecule has 0 bridgehead atoms. The van der Waals surface area contributed by atoms with Crippen molar-refractivity contribution in [3.63, 3.8) is 0 Å². The van der Waals surface area contributed by atoms with E-state index in [1.165, 1.54) is 62.8 Å². The number of quaternary nitrogens is 1. The van der Waals surface area contributed by atoms with Crippen LogP contribution in [-0.4, -0.2) is 30.7 Å². The first-order chi connectivity index (χ1) is 5.83. The monoisotopic (exact) mass is 189 g/mol. The maximum atomic E-state index is 2.32. The Bertz CT molecular complexity index is 104. The Labute approximate surface area is 82.1 Å². The van der Waals surface area contributed by atoms with E-state index in [9.17, 15) is 0 Å². The third kappa shape index (κ3) is 3.63. The molecule has 0 atom stereocenters. The first-order valence-electron chi connectivity index (χ1n) is 5.68. The van der Waals surface area contributed by atoms with E-state index in [1.807, 2.05) is 0 Å². The Morgan fingerprint density at radius 1 is 0.846 bits per heavy atom. The second-order valence-corrected chi connectivity index (χ2v) is 4.30. The van der Waals surface area contributed by atoms with Crippen molar-refractivity contribution in [1.82, 2.24) is 0 Å². The van der Waals surface area contributed by atoms with Crippen molar-refractivity contribution in [3.05, 3.63) is 0 Å². The number of hydrogen-bond donors (Lipinski definition) is 0. The zero-order chi connectivity index (χ0) is 8.86. The van der Waals surface area contributed by atoms with Gasteiger partial charge in [-0.1, -0.05) is 13.8 Å². The molecule has 1 aliphatic heterocycles. The van der Waals surface area contributed by atoms with E-state index in [4.69, 9.17) is 0 Å². The van der Waals surface area contributed by atoms with Crippen LogP contribution in [0.3, 0.4) is 0 Å². The summed E-state index contributed by atoms with van der Waals surface area (Å²) in [4.78, 5) is 0. The fourth-order valence-electron chi connectivity index (χ4n) is 2.69. The third-order valence-electron chi connectivity index (χ3n) is 3.16. The van der Waals surface area contributed by atoms with Gasteiger partial charge in [-0.3, -0.25) is 0 Å². The molecule has 0 N–H and O–H groups in total. The lowest BCUT2D eigenvalue weighted by molar-refractivity contribution is -0.932. The highest BCUT2D eigenvalue weighted by Crippen LogP contribution is 2.19. The van der Waals surface area contributed by atoms with Gasteiger partial charge in [0.25, 0.3) is 0 Å². The predicted octanol–water partition coefficient (Wildman–Crippen LogP) is -0.189. The van der Waals surface area contributed by atoms with Gasteiger partial charge >= 0.3 is 0 Å². The number of halogens is 1. The zero-order valence-electron chi connectivity index (χ0n) is 9.19. The molecule has 1 rings (SSSR count). The van der Waals surface area contributed by atoms with E-state index in [1.54, 1.807) is 0 Å². The maximum absolute atomic E-state index is 2.32. The summed E-state index contributed by atoms with van der Waals surface area (Å²) in [5.74, 6) is 0. The summed E-state index contributed by atoms with van der Waals surface area (Å²) < 4.78 is 1.44. The van der Waals surface area contributed by atoms with Gasteiger partial charge in [-0.2, -0.15) is 0 Å². The molecule has 0 spiro atoms. The van der Waals surface area contributed by atoms with Crippen LogP contribution in [0.1, 0.15) is 46.0 Å². The lowest BCUT2D eigenvalue weighted by Gasteiger charge is -2.41. The van der Waals surface area contributed by atoms with E-state index in [2.05, 4.69) is 13.8 Å². The normalized spacial score (nSPS) is 20.8. The molecule has 0 aromatic heterocycles. The molecule has 0 aliphatic carbocycles. The lowest BCUT2D eigenvalue weighted by atomic mass is 10.1. The summed E-state index contributed by atoms with van der Waals surface area (Å²) in [6.45, 7) is 10.4. The van der Waals surface area contributed by atoms with Crippen molar-refractivity contribution in [1.29, 1.82) is 0 Å². The smallest absolute Gasteiger partial charge is 0.0786 e. The molecule has 1 nitrogen and oxygen atoms in total. The fraction of sp³-hybridized carbons (Fsp3) is 1.00. The van der Waals surface area contributed by atoms with Crippen LogP contribution >= 0.6 is 0 Å². The van der Waals surface area contributed by atoms with E-state index >= 15 is 0 Å². The van der Waals surface area contributed by atoms with Crippen LogP contribution in [0.5, 0.6) is 0 Å². The van der Waals surface area contributed by atoms with Crippen LogP contribution in [0, 0.1) is 0 Å². The van der Waals surface area contributed by atoms with E-state index in [0.717, 1.165) is 0 Å². The number of piperidine rings is 1. The Morgan fingerprint density at radius 2 is 1.31 bits per heavy atom. The van der Waals surface area contributed by atoms with Crippen molar-refractivity contribution in [2.24, 2.45) is 0 Å². The standard InChI is InChI=1S/C11H24N.FH/c1-3-8-12(9-4-2)10-6-5-7-11-12;/h3-11H2,1-2H3;1H/q+1;/p-1. The Hall–Kier alpha value is -0.110. The molecule has 0 aromatic carbocycles. The molecule has 2 heteroatoms. The minimum Gasteiger partial charge on any atom is -1.00 e. The van der Waals surface area contributed by atoms with Crippen LogP contribution in [-0.2, 0) is 0 Å². The van der Waals surface area contributed by atoms with Gasteiger partial charge in [0.15, 0.2) is 0 Å². The van der Waals surface area contributed by atoms with Crippen molar-refractivity contribution in [2.75, 3.05) is 26.2 Å². The van der Waals surface area contributed by atoms with Gasteiger partial charge in [0.2, 0.25) is 0 Å². The van der Waals surface area contributed by atoms with Crippen LogP contribution in [0.15, 0.2) is 0 Å². The molecule has 1 aliphatic rings. The Morgan fingerprint density at radius 3 is 1.69 bits per heavy atom. The molecule has 0 amide bonds. The predicted molar refractivity (Wildman–Crippen MR) is 54.2 cm³/mol. The molecule has 1 fully saturated rings. The number of nitrogens with zero attached hydrogens (tertiary/aromatic N) is 1. The first-order valence-corrected chi connectivity index (χ1v) is 5.68. The molecular weight excluding hydrogens is 165 g/mol. The molecule has 1 heterocycles. The van der Waals surface area contributed by atoms with Crippen molar-refractivity contribution in [3.8, 4) is 0 Å². The highest BCUT2D eigenvalue weighted by Gasteiger charge is 2.27. The molecule has 0 radical (unpaired) electrons. The molecule has 1 saturated heterocycles. The molecule has 0 aromatic rings. The summed E-state index contributed by atoms with van der Waals surface area (Å²) in [7, 11) is 0. The van der Waals surface area contributed by atoms with Gasteiger partial charge in [-0.15, -0.1) is 0 Å². The van der Waals surface area contributed by atoms with E-state index < -0.39 is 0 Å². The minimum absolute atomic E-state index is 0. The van der Waals surface area contributed by atoms with Gasteiger partial charge in [-0.05, 0) is 32.1 Å². The average Bonchev–Trinajstić information content (AvgIpc) is 2.07. The summed E-state index contributed by atoms with van der Waals surface area (Å²) in [5, 5.41) is 0. The summed E-state index contributed by atoms with van der Waals surface area (Å²) in [6.07, 6.45) is 7.15. The summed E-state index contributed by atoms with van der Waals surface area (Å²) >= 11 is 0. The van der Waals surface area contributed by atoms with Crippen LogP contribution in [0.2, 0.25) is 0 Å². The first kappa shape index (κ1) is 12.9. The number of likely N-dealkylation sites (tertiary alicyclic amines) is 1. The lowest BCUT2D eigenvalue weighted by Crippen LogP contribution is -3.00. The average molecular weight is 189 g/mol. The largest absolute Gasteiger partial charge is 1.00 e. The van der Waals surface area contributed by atoms with E-state index in [0.29, 0.717) is 0 Å². The fourth-order valence-corrected chi connectivity index (χ4v) is 2.69. The van der Waals surface area contributed by atoms with Crippen LogP contribution in [0.4, 0.5) is 0 Å². The van der Waals surface area contributed by atoms with Crippen molar-refractivity contribution >= 4 is 0 Å². The summed E-state index contributed by atoms with van der Waals surface area (Å²) in [5.41, 5.74) is 0. The van der Waals surface area contributed by atoms with Crippen LogP contribution in [0.25, 0.3) is 0 Å². The zero-order valence-corrected chi connectivity index (χ0v) is 9.19. The summed E-state index contributed by atoms with van der Waals surface area (Å²) in [6, 6.07) is 0. The second-order valence-electron chi connectivity index (χ2n) is 4.30. The van der Waals surface area contributed by atoms with Gasteiger partial charge in [0.05, 0.1) is 26.2 Å². The highest BCUT2D eigenvalue weighted by atomic mass is 19.0. The van der Waals surface area contributed by atoms with Crippen molar-refractivity contribution < 1.29 is 9.19 Å². The van der Waals surface area contributed by atoms with Crippen molar-refractivity contribution in [2.45, 2.75) is 46.0 Å². The van der Waals surface area contributed by atoms with Gasteiger partial charge < -0.3 is 9.19 Å². The SMILES string of the molecule is CCC[N+]1(CCC)CCCCC1.[F-]. The topological polar surface area (TPSA) is 0 Å². The molecule has 0 unspecified atom stereocenters. The second kappa shape index (κ2) is 6.36. The quantitative estimate of drug-likeness (QED) is 0.538.